The molecule has 0 aliphatic carbocycles. The largest absolute Gasteiger partial charge is 0.462 e. The monoisotopic (exact) mass is 296 g/mol. The summed E-state index contributed by atoms with van der Waals surface area (Å²) in [6, 6.07) is 0. The first-order chi connectivity index (χ1) is 10.1. The number of rotatable bonds is 9. The average Bonchev–Trinajstić information content (AvgIpc) is 2.83. The Morgan fingerprint density at radius 3 is 2.76 bits per heavy atom. The minimum absolute atomic E-state index is 0.0278. The Bertz CT molecular complexity index is 471. The number of carbonyl (C=O) groups is 2. The Hall–Kier alpha value is -1.89. The van der Waals surface area contributed by atoms with Crippen LogP contribution in [-0.4, -0.2) is 41.4 Å². The fraction of sp³-hybridized carbons (Fsp3) is 0.643. The van der Waals surface area contributed by atoms with Gasteiger partial charge in [-0.2, -0.15) is 5.10 Å². The Kier molecular flexibility index (Phi) is 7.45. The highest BCUT2D eigenvalue weighted by Gasteiger charge is 2.16. The van der Waals surface area contributed by atoms with Crippen LogP contribution >= 0.6 is 0 Å². The van der Waals surface area contributed by atoms with Gasteiger partial charge < -0.3 is 15.4 Å². The molecule has 1 heterocycles. The smallest absolute Gasteiger partial charge is 0.341 e. The molecule has 0 aliphatic rings. The van der Waals surface area contributed by atoms with Gasteiger partial charge in [0.05, 0.1) is 18.5 Å². The maximum absolute atomic E-state index is 11.8. The molecule has 1 rings (SSSR count). The van der Waals surface area contributed by atoms with Gasteiger partial charge in [0, 0.05) is 33.1 Å². The number of nitrogens with zero attached hydrogens (tertiary/aromatic N) is 2. The third-order valence-electron chi connectivity index (χ3n) is 2.95. The van der Waals surface area contributed by atoms with Crippen LogP contribution in [0.3, 0.4) is 0 Å². The lowest BCUT2D eigenvalue weighted by atomic mass is 10.2. The number of ether oxygens (including phenoxy) is 1. The van der Waals surface area contributed by atoms with Crippen molar-refractivity contribution in [3.05, 3.63) is 17.5 Å². The summed E-state index contributed by atoms with van der Waals surface area (Å²) in [5.41, 5.74) is 1.21. The van der Waals surface area contributed by atoms with E-state index in [2.05, 4.69) is 15.7 Å². The van der Waals surface area contributed by atoms with Gasteiger partial charge in [-0.3, -0.25) is 9.48 Å². The van der Waals surface area contributed by atoms with Crippen molar-refractivity contribution in [3.8, 4) is 0 Å². The van der Waals surface area contributed by atoms with E-state index in [0.717, 1.165) is 12.1 Å². The molecule has 0 radical (unpaired) electrons. The highest BCUT2D eigenvalue weighted by atomic mass is 16.5. The van der Waals surface area contributed by atoms with Gasteiger partial charge in [-0.15, -0.1) is 0 Å². The van der Waals surface area contributed by atoms with Crippen LogP contribution in [-0.2, 0) is 23.1 Å². The van der Waals surface area contributed by atoms with Crippen LogP contribution in [0.1, 0.15) is 42.7 Å². The average molecular weight is 296 g/mol. The second kappa shape index (κ2) is 9.12. The molecule has 0 atom stereocenters. The number of hydrogen-bond acceptors (Lipinski definition) is 5. The first-order valence-corrected chi connectivity index (χ1v) is 7.25. The molecular formula is C14H24N4O3. The highest BCUT2D eigenvalue weighted by Crippen LogP contribution is 2.09. The van der Waals surface area contributed by atoms with Crippen molar-refractivity contribution in [3.63, 3.8) is 0 Å². The molecule has 1 amide bonds. The molecule has 0 fully saturated rings. The SMILES string of the molecule is CCCNC(=O)CCNCc1c(C(=O)OCC)cnn1C. The quantitative estimate of drug-likeness (QED) is 0.515. The van der Waals surface area contributed by atoms with Crippen LogP contribution in [0.5, 0.6) is 0 Å². The van der Waals surface area contributed by atoms with Crippen molar-refractivity contribution < 1.29 is 14.3 Å². The third kappa shape index (κ3) is 5.55. The minimum Gasteiger partial charge on any atom is -0.462 e. The first kappa shape index (κ1) is 17.2. The number of aryl methyl sites for hydroxylation is 1. The summed E-state index contributed by atoms with van der Waals surface area (Å²) in [6.45, 7) is 5.82. The Morgan fingerprint density at radius 2 is 2.10 bits per heavy atom. The standard InChI is InChI=1S/C14H24N4O3/c1-4-7-16-13(19)6-8-15-10-12-11(9-17-18(12)3)14(20)21-5-2/h9,15H,4-8,10H2,1-3H3,(H,16,19). The summed E-state index contributed by atoms with van der Waals surface area (Å²) in [5, 5.41) is 10.0. The summed E-state index contributed by atoms with van der Waals surface area (Å²) in [7, 11) is 1.77. The molecule has 118 valence electrons. The maximum atomic E-state index is 11.8. The number of amides is 1. The molecule has 1 aromatic heterocycles. The van der Waals surface area contributed by atoms with E-state index in [-0.39, 0.29) is 11.9 Å². The molecule has 7 heteroatoms. The minimum atomic E-state index is -0.372. The van der Waals surface area contributed by atoms with E-state index < -0.39 is 0 Å². The second-order valence-corrected chi connectivity index (χ2v) is 4.63. The molecule has 0 aromatic carbocycles. The van der Waals surface area contributed by atoms with Crippen LogP contribution in [0.2, 0.25) is 0 Å². The van der Waals surface area contributed by atoms with E-state index in [0.29, 0.717) is 38.2 Å². The maximum Gasteiger partial charge on any atom is 0.341 e. The lowest BCUT2D eigenvalue weighted by Gasteiger charge is -2.08. The molecule has 21 heavy (non-hydrogen) atoms. The number of aromatic nitrogens is 2. The predicted octanol–water partition coefficient (Wildman–Crippen LogP) is 0.603. The number of hydrogen-bond donors (Lipinski definition) is 2. The molecule has 0 unspecified atom stereocenters. The van der Waals surface area contributed by atoms with E-state index in [9.17, 15) is 9.59 Å². The molecule has 0 bridgehead atoms. The van der Waals surface area contributed by atoms with Gasteiger partial charge >= 0.3 is 5.97 Å². The van der Waals surface area contributed by atoms with E-state index in [1.54, 1.807) is 18.7 Å². The highest BCUT2D eigenvalue weighted by molar-refractivity contribution is 5.90. The van der Waals surface area contributed by atoms with Gasteiger partial charge in [0.2, 0.25) is 5.91 Å². The Morgan fingerprint density at radius 1 is 1.33 bits per heavy atom. The molecule has 0 spiro atoms. The summed E-state index contributed by atoms with van der Waals surface area (Å²) in [6.07, 6.45) is 2.84. The van der Waals surface area contributed by atoms with Crippen LogP contribution in [0.25, 0.3) is 0 Å². The van der Waals surface area contributed by atoms with Crippen molar-refractivity contribution >= 4 is 11.9 Å². The predicted molar refractivity (Wildman–Crippen MR) is 78.8 cm³/mol. The van der Waals surface area contributed by atoms with Gasteiger partial charge in [-0.05, 0) is 13.3 Å². The lowest BCUT2D eigenvalue weighted by molar-refractivity contribution is -0.121. The molecule has 0 saturated heterocycles. The van der Waals surface area contributed by atoms with Crippen LogP contribution < -0.4 is 10.6 Å². The van der Waals surface area contributed by atoms with Crippen molar-refractivity contribution in [2.75, 3.05) is 19.7 Å². The number of nitrogens with one attached hydrogen (secondary N) is 2. The molecule has 0 saturated carbocycles. The van der Waals surface area contributed by atoms with Gasteiger partial charge in [0.25, 0.3) is 0 Å². The van der Waals surface area contributed by atoms with Crippen molar-refractivity contribution in [2.45, 2.75) is 33.2 Å². The topological polar surface area (TPSA) is 85.2 Å². The zero-order valence-electron chi connectivity index (χ0n) is 12.9. The fourth-order valence-electron chi connectivity index (χ4n) is 1.81. The third-order valence-corrected chi connectivity index (χ3v) is 2.95. The van der Waals surface area contributed by atoms with Gasteiger partial charge in [0.1, 0.15) is 5.56 Å². The number of esters is 1. The second-order valence-electron chi connectivity index (χ2n) is 4.63. The van der Waals surface area contributed by atoms with Crippen LogP contribution in [0, 0.1) is 0 Å². The zero-order chi connectivity index (χ0) is 15.7. The molecule has 1 aromatic rings. The van der Waals surface area contributed by atoms with Gasteiger partial charge in [-0.1, -0.05) is 6.92 Å². The fourth-order valence-corrected chi connectivity index (χ4v) is 1.81. The summed E-state index contributed by atoms with van der Waals surface area (Å²) in [4.78, 5) is 23.2. The van der Waals surface area contributed by atoms with E-state index in [1.807, 2.05) is 6.92 Å². The molecule has 0 aliphatic heterocycles. The zero-order valence-corrected chi connectivity index (χ0v) is 12.9. The summed E-state index contributed by atoms with van der Waals surface area (Å²) in [5.74, 6) is -0.344. The van der Waals surface area contributed by atoms with E-state index in [1.165, 1.54) is 6.20 Å². The number of carbonyl (C=O) groups excluding carboxylic acids is 2. The van der Waals surface area contributed by atoms with Crippen LogP contribution in [0.15, 0.2) is 6.20 Å². The van der Waals surface area contributed by atoms with E-state index in [4.69, 9.17) is 4.74 Å². The summed E-state index contributed by atoms with van der Waals surface area (Å²) < 4.78 is 6.62. The Labute approximate surface area is 125 Å². The van der Waals surface area contributed by atoms with Crippen molar-refractivity contribution in [1.82, 2.24) is 20.4 Å². The van der Waals surface area contributed by atoms with Gasteiger partial charge in [-0.25, -0.2) is 4.79 Å². The van der Waals surface area contributed by atoms with Crippen molar-refractivity contribution in [1.29, 1.82) is 0 Å². The molecule has 7 nitrogen and oxygen atoms in total. The summed E-state index contributed by atoms with van der Waals surface area (Å²) >= 11 is 0. The first-order valence-electron chi connectivity index (χ1n) is 7.25. The van der Waals surface area contributed by atoms with Crippen LogP contribution in [0.4, 0.5) is 0 Å². The molecule has 2 N–H and O–H groups in total. The van der Waals surface area contributed by atoms with Crippen molar-refractivity contribution in [2.24, 2.45) is 7.05 Å². The van der Waals surface area contributed by atoms with Gasteiger partial charge in [0.15, 0.2) is 0 Å². The molecular weight excluding hydrogens is 272 g/mol. The normalized spacial score (nSPS) is 10.4. The van der Waals surface area contributed by atoms with E-state index >= 15 is 0 Å². The Balaban J connectivity index is 2.43. The lowest BCUT2D eigenvalue weighted by Crippen LogP contribution is -2.28.